The maximum Gasteiger partial charge on any atom is 0.307 e. The van der Waals surface area contributed by atoms with E-state index in [0.29, 0.717) is 12.5 Å². The Hall–Kier alpha value is -3.16. The van der Waals surface area contributed by atoms with Crippen molar-refractivity contribution in [2.24, 2.45) is 0 Å². The quantitative estimate of drug-likeness (QED) is 0.564. The summed E-state index contributed by atoms with van der Waals surface area (Å²) in [7, 11) is 1.33. The predicted octanol–water partition coefficient (Wildman–Crippen LogP) is 3.69. The third-order valence-electron chi connectivity index (χ3n) is 6.50. The van der Waals surface area contributed by atoms with Crippen LogP contribution in [0.25, 0.3) is 0 Å². The number of rotatable bonds is 9. The van der Waals surface area contributed by atoms with Crippen LogP contribution in [0.1, 0.15) is 75.6 Å². The molecule has 3 heterocycles. The van der Waals surface area contributed by atoms with Crippen molar-refractivity contribution < 1.29 is 14.3 Å². The minimum absolute atomic E-state index is 0.0232. The Morgan fingerprint density at radius 1 is 1.26 bits per heavy atom. The average Bonchev–Trinajstić information content (AvgIpc) is 2.82. The Morgan fingerprint density at radius 3 is 2.74 bits per heavy atom. The molecule has 184 valence electrons. The molecule has 0 bridgehead atoms. The number of amides is 1. The van der Waals surface area contributed by atoms with Gasteiger partial charge in [0.05, 0.1) is 31.5 Å². The van der Waals surface area contributed by atoms with Crippen LogP contribution in [0.4, 0.5) is 5.69 Å². The molecule has 1 unspecified atom stereocenters. The van der Waals surface area contributed by atoms with E-state index < -0.39 is 18.1 Å². The molecule has 1 N–H and O–H groups in total. The molecule has 0 spiro atoms. The lowest BCUT2D eigenvalue weighted by atomic mass is 10.0. The van der Waals surface area contributed by atoms with Crippen LogP contribution in [-0.4, -0.2) is 41.1 Å². The van der Waals surface area contributed by atoms with Crippen molar-refractivity contribution >= 4 is 17.6 Å². The van der Waals surface area contributed by atoms with Gasteiger partial charge in [-0.15, -0.1) is 0 Å². The number of hydrogen-bond acceptors (Lipinski definition) is 6. The first-order chi connectivity index (χ1) is 16.3. The fourth-order valence-electron chi connectivity index (χ4n) is 4.56. The van der Waals surface area contributed by atoms with E-state index >= 15 is 0 Å². The summed E-state index contributed by atoms with van der Waals surface area (Å²) in [5, 5.41) is 3.01. The number of methoxy groups -OCH3 is 1. The first kappa shape index (κ1) is 25.5. The summed E-state index contributed by atoms with van der Waals surface area (Å²) in [6, 6.07) is 4.45. The average molecular weight is 469 g/mol. The second-order valence-electron chi connectivity index (χ2n) is 9.11. The molecule has 0 saturated carbocycles. The molecule has 1 saturated heterocycles. The van der Waals surface area contributed by atoms with Gasteiger partial charge in [0.1, 0.15) is 6.04 Å². The zero-order valence-electron chi connectivity index (χ0n) is 20.6. The van der Waals surface area contributed by atoms with Gasteiger partial charge in [0.2, 0.25) is 5.91 Å². The molecule has 8 nitrogen and oxygen atoms in total. The zero-order valence-corrected chi connectivity index (χ0v) is 20.6. The normalized spacial score (nSPS) is 17.6. The van der Waals surface area contributed by atoms with Crippen LogP contribution in [0.15, 0.2) is 41.6 Å². The van der Waals surface area contributed by atoms with Gasteiger partial charge in [-0.2, -0.15) is 0 Å². The van der Waals surface area contributed by atoms with E-state index in [1.54, 1.807) is 12.4 Å². The predicted molar refractivity (Wildman–Crippen MR) is 132 cm³/mol. The van der Waals surface area contributed by atoms with E-state index in [4.69, 9.17) is 4.74 Å². The summed E-state index contributed by atoms with van der Waals surface area (Å²) in [6.07, 6.45) is 9.83. The van der Waals surface area contributed by atoms with Gasteiger partial charge in [0.15, 0.2) is 0 Å². The van der Waals surface area contributed by atoms with Gasteiger partial charge in [0, 0.05) is 31.0 Å². The smallest absolute Gasteiger partial charge is 0.307 e. The SMILES string of the molecule is CCCC(C(=O)N[C@H](CC(=O)OC)c1cncc(N2CCCC[C@@H]2C)c1)n1ccc(C)cc1=O. The molecule has 3 rings (SSSR count). The minimum Gasteiger partial charge on any atom is -0.469 e. The molecule has 1 aliphatic rings. The Morgan fingerprint density at radius 2 is 2.06 bits per heavy atom. The molecule has 0 aromatic carbocycles. The van der Waals surface area contributed by atoms with Crippen LogP contribution in [0.5, 0.6) is 0 Å². The molecule has 1 amide bonds. The number of carbonyl (C=O) groups excluding carboxylic acids is 2. The lowest BCUT2D eigenvalue weighted by Gasteiger charge is -2.35. The van der Waals surface area contributed by atoms with E-state index in [9.17, 15) is 14.4 Å². The molecule has 3 atom stereocenters. The van der Waals surface area contributed by atoms with Gasteiger partial charge >= 0.3 is 5.97 Å². The number of piperidine rings is 1. The number of pyridine rings is 2. The third-order valence-corrected chi connectivity index (χ3v) is 6.50. The van der Waals surface area contributed by atoms with Gasteiger partial charge in [-0.05, 0) is 62.8 Å². The number of aryl methyl sites for hydroxylation is 1. The van der Waals surface area contributed by atoms with Crippen molar-refractivity contribution in [3.63, 3.8) is 0 Å². The molecular weight excluding hydrogens is 432 g/mol. The Kier molecular flexibility index (Phi) is 8.85. The van der Waals surface area contributed by atoms with Crippen molar-refractivity contribution in [1.29, 1.82) is 0 Å². The van der Waals surface area contributed by atoms with E-state index in [0.717, 1.165) is 42.6 Å². The number of esters is 1. The Bertz CT molecular complexity index is 1050. The number of nitrogens with one attached hydrogen (secondary N) is 1. The highest BCUT2D eigenvalue weighted by atomic mass is 16.5. The number of aromatic nitrogens is 2. The maximum absolute atomic E-state index is 13.4. The third kappa shape index (κ3) is 6.24. The number of anilines is 1. The van der Waals surface area contributed by atoms with E-state index in [-0.39, 0.29) is 17.9 Å². The fraction of sp³-hybridized carbons (Fsp3) is 0.538. The van der Waals surface area contributed by atoms with Crippen molar-refractivity contribution in [2.45, 2.75) is 77.4 Å². The molecule has 0 radical (unpaired) electrons. The number of ether oxygens (including phenoxy) is 1. The lowest BCUT2D eigenvalue weighted by molar-refractivity contribution is -0.141. The van der Waals surface area contributed by atoms with Crippen molar-refractivity contribution in [2.75, 3.05) is 18.6 Å². The number of hydrogen-bond donors (Lipinski definition) is 1. The van der Waals surface area contributed by atoms with Crippen LogP contribution in [0, 0.1) is 6.92 Å². The lowest BCUT2D eigenvalue weighted by Crippen LogP contribution is -2.40. The number of carbonyl (C=O) groups is 2. The summed E-state index contributed by atoms with van der Waals surface area (Å²) in [6.45, 7) is 6.97. The van der Waals surface area contributed by atoms with Crippen LogP contribution < -0.4 is 15.8 Å². The molecule has 2 aromatic rings. The van der Waals surface area contributed by atoms with Crippen LogP contribution in [0.3, 0.4) is 0 Å². The summed E-state index contributed by atoms with van der Waals surface area (Å²) < 4.78 is 6.36. The van der Waals surface area contributed by atoms with Crippen molar-refractivity contribution in [3.8, 4) is 0 Å². The fourth-order valence-corrected chi connectivity index (χ4v) is 4.56. The second kappa shape index (κ2) is 11.8. The highest BCUT2D eigenvalue weighted by Crippen LogP contribution is 2.28. The van der Waals surface area contributed by atoms with Gasteiger partial charge in [0.25, 0.3) is 5.56 Å². The maximum atomic E-state index is 13.4. The minimum atomic E-state index is -0.670. The van der Waals surface area contributed by atoms with Gasteiger partial charge < -0.3 is 19.5 Å². The first-order valence-electron chi connectivity index (χ1n) is 12.1. The Labute approximate surface area is 201 Å². The van der Waals surface area contributed by atoms with Gasteiger partial charge in [-0.3, -0.25) is 19.4 Å². The first-order valence-corrected chi connectivity index (χ1v) is 12.1. The molecule has 0 aliphatic carbocycles. The van der Waals surface area contributed by atoms with E-state index in [1.165, 1.54) is 24.2 Å². The standard InChI is InChI=1S/C26H36N4O4/c1-5-8-23(30-12-10-18(2)13-24(30)31)26(33)28-22(15-25(32)34-4)20-14-21(17-27-16-20)29-11-7-6-9-19(29)3/h10,12-14,16-17,19,22-23H,5-9,11,15H2,1-4H3,(H,28,33)/t19-,22+,23?/m0/s1. The monoisotopic (exact) mass is 468 g/mol. The largest absolute Gasteiger partial charge is 0.469 e. The molecule has 1 fully saturated rings. The summed E-state index contributed by atoms with van der Waals surface area (Å²) >= 11 is 0. The second-order valence-corrected chi connectivity index (χ2v) is 9.11. The zero-order chi connectivity index (χ0) is 24.7. The molecular formula is C26H36N4O4. The van der Waals surface area contributed by atoms with Crippen LogP contribution in [0.2, 0.25) is 0 Å². The summed E-state index contributed by atoms with van der Waals surface area (Å²) in [5.74, 6) is -0.736. The van der Waals surface area contributed by atoms with Crippen molar-refractivity contribution in [1.82, 2.24) is 14.9 Å². The van der Waals surface area contributed by atoms with E-state index in [2.05, 4.69) is 22.1 Å². The van der Waals surface area contributed by atoms with E-state index in [1.807, 2.05) is 32.2 Å². The Balaban J connectivity index is 1.90. The molecule has 8 heteroatoms. The summed E-state index contributed by atoms with van der Waals surface area (Å²) in [4.78, 5) is 44.9. The highest BCUT2D eigenvalue weighted by molar-refractivity contribution is 5.81. The van der Waals surface area contributed by atoms with Gasteiger partial charge in [-0.25, -0.2) is 0 Å². The highest BCUT2D eigenvalue weighted by Gasteiger charge is 2.27. The summed E-state index contributed by atoms with van der Waals surface area (Å²) in [5.41, 5.74) is 2.34. The van der Waals surface area contributed by atoms with Crippen LogP contribution in [-0.2, 0) is 14.3 Å². The topological polar surface area (TPSA) is 93.5 Å². The molecule has 2 aromatic heterocycles. The number of nitrogens with zero attached hydrogens (tertiary/aromatic N) is 3. The molecule has 34 heavy (non-hydrogen) atoms. The van der Waals surface area contributed by atoms with Gasteiger partial charge in [-0.1, -0.05) is 13.3 Å². The van der Waals surface area contributed by atoms with Crippen molar-refractivity contribution in [3.05, 3.63) is 58.3 Å². The molecule has 1 aliphatic heterocycles. The van der Waals surface area contributed by atoms with Crippen LogP contribution >= 0.6 is 0 Å².